The van der Waals surface area contributed by atoms with Gasteiger partial charge >= 0.3 is 0 Å². The molecule has 0 unspecified atom stereocenters. The fraction of sp³-hybridized carbons (Fsp3) is 0.455. The Balaban J connectivity index is 0.00000210. The second kappa shape index (κ2) is 8.40. The van der Waals surface area contributed by atoms with Gasteiger partial charge in [-0.05, 0) is 44.9 Å². The SMILES string of the molecule is CC1(C)Cc2c(Cl)ccc(CN[C@H]3CCCN[C@H]3c3ccccc3)c2O1.Cl. The lowest BCUT2D eigenvalue weighted by atomic mass is 9.92. The maximum absolute atomic E-state index is 6.41. The number of fused-ring (bicyclic) bond motifs is 1. The van der Waals surface area contributed by atoms with Crippen LogP contribution in [-0.2, 0) is 13.0 Å². The molecule has 0 aromatic heterocycles. The van der Waals surface area contributed by atoms with Gasteiger partial charge in [-0.1, -0.05) is 48.0 Å². The summed E-state index contributed by atoms with van der Waals surface area (Å²) in [6, 6.07) is 15.6. The second-order valence-electron chi connectivity index (χ2n) is 8.02. The number of hydrogen-bond acceptors (Lipinski definition) is 3. The third-order valence-electron chi connectivity index (χ3n) is 5.44. The fourth-order valence-corrected chi connectivity index (χ4v) is 4.40. The van der Waals surface area contributed by atoms with Crippen LogP contribution in [0.5, 0.6) is 5.75 Å². The van der Waals surface area contributed by atoms with E-state index in [1.165, 1.54) is 24.0 Å². The van der Waals surface area contributed by atoms with Crippen molar-refractivity contribution in [1.82, 2.24) is 10.6 Å². The van der Waals surface area contributed by atoms with Crippen molar-refractivity contribution < 1.29 is 4.74 Å². The van der Waals surface area contributed by atoms with Gasteiger partial charge in [-0.2, -0.15) is 0 Å². The van der Waals surface area contributed by atoms with Crippen LogP contribution in [0.1, 0.15) is 49.4 Å². The monoisotopic (exact) mass is 406 g/mol. The number of hydrogen-bond donors (Lipinski definition) is 2. The van der Waals surface area contributed by atoms with Gasteiger partial charge in [0, 0.05) is 41.2 Å². The molecule has 0 saturated carbocycles. The molecule has 2 aliphatic rings. The quantitative estimate of drug-likeness (QED) is 0.744. The minimum atomic E-state index is -0.180. The first-order valence-corrected chi connectivity index (χ1v) is 9.92. The highest BCUT2D eigenvalue weighted by atomic mass is 35.5. The number of benzene rings is 2. The average molecular weight is 407 g/mol. The van der Waals surface area contributed by atoms with Gasteiger partial charge in [0.05, 0.1) is 0 Å². The molecule has 0 radical (unpaired) electrons. The van der Waals surface area contributed by atoms with Crippen LogP contribution in [-0.4, -0.2) is 18.2 Å². The molecule has 146 valence electrons. The van der Waals surface area contributed by atoms with Gasteiger partial charge in [0.2, 0.25) is 0 Å². The van der Waals surface area contributed by atoms with Gasteiger partial charge in [-0.25, -0.2) is 0 Å². The molecule has 0 bridgehead atoms. The largest absolute Gasteiger partial charge is 0.487 e. The number of ether oxygens (including phenoxy) is 1. The lowest BCUT2D eigenvalue weighted by Gasteiger charge is -2.34. The van der Waals surface area contributed by atoms with Crippen LogP contribution < -0.4 is 15.4 Å². The van der Waals surface area contributed by atoms with Crippen molar-refractivity contribution in [3.05, 3.63) is 64.2 Å². The smallest absolute Gasteiger partial charge is 0.129 e. The Hall–Kier alpha value is -1.26. The topological polar surface area (TPSA) is 33.3 Å². The van der Waals surface area contributed by atoms with E-state index in [1.54, 1.807) is 0 Å². The van der Waals surface area contributed by atoms with E-state index < -0.39 is 0 Å². The molecule has 27 heavy (non-hydrogen) atoms. The van der Waals surface area contributed by atoms with Gasteiger partial charge in [0.15, 0.2) is 0 Å². The molecule has 3 nitrogen and oxygen atoms in total. The Bertz CT molecular complexity index is 779. The van der Waals surface area contributed by atoms with Crippen molar-refractivity contribution >= 4 is 24.0 Å². The zero-order valence-corrected chi connectivity index (χ0v) is 17.5. The van der Waals surface area contributed by atoms with Crippen LogP contribution in [0.2, 0.25) is 5.02 Å². The van der Waals surface area contributed by atoms with E-state index in [0.29, 0.717) is 12.1 Å². The molecule has 1 fully saturated rings. The van der Waals surface area contributed by atoms with Crippen LogP contribution in [0.25, 0.3) is 0 Å². The van der Waals surface area contributed by atoms with Crippen LogP contribution in [0, 0.1) is 0 Å². The van der Waals surface area contributed by atoms with Crippen molar-refractivity contribution in [2.24, 2.45) is 0 Å². The Morgan fingerprint density at radius 2 is 1.96 bits per heavy atom. The van der Waals surface area contributed by atoms with Crippen molar-refractivity contribution in [2.45, 2.75) is 57.3 Å². The summed E-state index contributed by atoms with van der Waals surface area (Å²) < 4.78 is 6.22. The van der Waals surface area contributed by atoms with Gasteiger partial charge in [0.1, 0.15) is 11.4 Å². The van der Waals surface area contributed by atoms with Gasteiger partial charge < -0.3 is 15.4 Å². The van der Waals surface area contributed by atoms with Crippen molar-refractivity contribution in [3.63, 3.8) is 0 Å². The second-order valence-corrected chi connectivity index (χ2v) is 8.43. The Morgan fingerprint density at radius 1 is 1.19 bits per heavy atom. The summed E-state index contributed by atoms with van der Waals surface area (Å²) in [5.41, 5.74) is 3.52. The molecule has 2 aromatic rings. The number of rotatable bonds is 4. The van der Waals surface area contributed by atoms with E-state index in [9.17, 15) is 0 Å². The van der Waals surface area contributed by atoms with E-state index >= 15 is 0 Å². The summed E-state index contributed by atoms with van der Waals surface area (Å²) >= 11 is 6.41. The predicted octanol–water partition coefficient (Wildman–Crippen LogP) is 5.06. The summed E-state index contributed by atoms with van der Waals surface area (Å²) in [6.07, 6.45) is 3.24. The third kappa shape index (κ3) is 4.43. The first-order chi connectivity index (χ1) is 12.5. The lowest BCUT2D eigenvalue weighted by molar-refractivity contribution is 0.137. The summed E-state index contributed by atoms with van der Waals surface area (Å²) in [5.74, 6) is 0.982. The Morgan fingerprint density at radius 3 is 2.74 bits per heavy atom. The van der Waals surface area contributed by atoms with E-state index in [0.717, 1.165) is 35.8 Å². The van der Waals surface area contributed by atoms with Crippen molar-refractivity contribution in [3.8, 4) is 5.75 Å². The van der Waals surface area contributed by atoms with Gasteiger partial charge in [0.25, 0.3) is 0 Å². The molecule has 2 aliphatic heterocycles. The van der Waals surface area contributed by atoms with Crippen molar-refractivity contribution in [2.75, 3.05) is 6.54 Å². The zero-order chi connectivity index (χ0) is 18.1. The normalized spacial score (nSPS) is 23.2. The summed E-state index contributed by atoms with van der Waals surface area (Å²) in [4.78, 5) is 0. The number of piperidine rings is 1. The summed E-state index contributed by atoms with van der Waals surface area (Å²) in [5, 5.41) is 8.27. The first kappa shape index (κ1) is 20.5. The molecule has 5 heteroatoms. The standard InChI is InChI=1S/C22H27ClN2O.ClH/c1-22(2)13-17-18(23)11-10-16(21(17)26-22)14-25-19-9-6-12-24-20(19)15-7-4-3-5-8-15;/h3-5,7-8,10-11,19-20,24-25H,6,9,12-14H2,1-2H3;1H/t19-,20-;/m0./s1. The highest BCUT2D eigenvalue weighted by molar-refractivity contribution is 6.31. The Kier molecular flexibility index (Phi) is 6.37. The molecule has 0 aliphatic carbocycles. The average Bonchev–Trinajstić information content (AvgIpc) is 2.98. The molecule has 4 rings (SSSR count). The van der Waals surface area contributed by atoms with Crippen LogP contribution in [0.3, 0.4) is 0 Å². The highest BCUT2D eigenvalue weighted by Gasteiger charge is 2.34. The molecule has 2 N–H and O–H groups in total. The molecule has 0 spiro atoms. The molecular formula is C22H28Cl2N2O. The predicted molar refractivity (Wildman–Crippen MR) is 114 cm³/mol. The van der Waals surface area contributed by atoms with Crippen LogP contribution >= 0.6 is 24.0 Å². The van der Waals surface area contributed by atoms with E-state index in [4.69, 9.17) is 16.3 Å². The van der Waals surface area contributed by atoms with Crippen LogP contribution in [0.15, 0.2) is 42.5 Å². The van der Waals surface area contributed by atoms with E-state index in [2.05, 4.69) is 60.9 Å². The minimum absolute atomic E-state index is 0. The molecule has 2 aromatic carbocycles. The molecule has 2 atom stereocenters. The van der Waals surface area contributed by atoms with Gasteiger partial charge in [-0.15, -0.1) is 12.4 Å². The van der Waals surface area contributed by atoms with E-state index in [1.807, 2.05) is 6.07 Å². The van der Waals surface area contributed by atoms with Crippen LogP contribution in [0.4, 0.5) is 0 Å². The minimum Gasteiger partial charge on any atom is -0.487 e. The first-order valence-electron chi connectivity index (χ1n) is 9.54. The van der Waals surface area contributed by atoms with Crippen molar-refractivity contribution in [1.29, 1.82) is 0 Å². The summed E-state index contributed by atoms with van der Waals surface area (Å²) in [6.45, 7) is 6.12. The third-order valence-corrected chi connectivity index (χ3v) is 5.79. The maximum atomic E-state index is 6.41. The van der Waals surface area contributed by atoms with Gasteiger partial charge in [-0.3, -0.25) is 0 Å². The number of nitrogens with one attached hydrogen (secondary N) is 2. The molecule has 1 saturated heterocycles. The number of halogens is 2. The fourth-order valence-electron chi connectivity index (χ4n) is 4.18. The zero-order valence-electron chi connectivity index (χ0n) is 15.9. The summed E-state index contributed by atoms with van der Waals surface area (Å²) in [7, 11) is 0. The molecular weight excluding hydrogens is 379 g/mol. The Labute approximate surface area is 173 Å². The highest BCUT2D eigenvalue weighted by Crippen LogP contribution is 2.41. The molecule has 0 amide bonds. The van der Waals surface area contributed by atoms with E-state index in [-0.39, 0.29) is 18.0 Å². The molecule has 2 heterocycles. The maximum Gasteiger partial charge on any atom is 0.129 e. The lowest BCUT2D eigenvalue weighted by Crippen LogP contribution is -2.45.